The zero-order valence-electron chi connectivity index (χ0n) is 12.8. The van der Waals surface area contributed by atoms with Crippen molar-refractivity contribution < 1.29 is 22.0 Å². The van der Waals surface area contributed by atoms with Gasteiger partial charge in [0.1, 0.15) is 17.5 Å². The van der Waals surface area contributed by atoms with Crippen molar-refractivity contribution in [3.63, 3.8) is 0 Å². The van der Waals surface area contributed by atoms with Gasteiger partial charge in [0, 0.05) is 6.07 Å². The van der Waals surface area contributed by atoms with Crippen LogP contribution in [0.2, 0.25) is 0 Å². The van der Waals surface area contributed by atoms with Crippen LogP contribution in [0.3, 0.4) is 0 Å². The molecule has 1 aromatic heterocycles. The number of anilines is 1. The van der Waals surface area contributed by atoms with E-state index in [1.54, 1.807) is 13.0 Å². The Morgan fingerprint density at radius 3 is 2.75 bits per heavy atom. The van der Waals surface area contributed by atoms with Crippen LogP contribution in [-0.4, -0.2) is 35.6 Å². The van der Waals surface area contributed by atoms with Crippen LogP contribution in [0.25, 0.3) is 0 Å². The highest BCUT2D eigenvalue weighted by molar-refractivity contribution is 7.91. The van der Waals surface area contributed by atoms with Gasteiger partial charge in [0.2, 0.25) is 0 Å². The van der Waals surface area contributed by atoms with Crippen molar-refractivity contribution in [1.29, 1.82) is 0 Å². The molecule has 0 spiro atoms. The topological polar surface area (TPSA) is 81.1 Å². The molecule has 3 rings (SSSR count). The summed E-state index contributed by atoms with van der Waals surface area (Å²) >= 11 is 0. The molecule has 2 aromatic rings. The largest absolute Gasteiger partial charge is 0.307 e. The van der Waals surface area contributed by atoms with Crippen LogP contribution in [0.4, 0.5) is 14.6 Å². The Balaban J connectivity index is 1.88. The van der Waals surface area contributed by atoms with Crippen LogP contribution >= 0.6 is 0 Å². The zero-order valence-corrected chi connectivity index (χ0v) is 13.6. The van der Waals surface area contributed by atoms with Crippen molar-refractivity contribution >= 4 is 21.6 Å². The van der Waals surface area contributed by atoms with Gasteiger partial charge in [0.15, 0.2) is 9.84 Å². The van der Waals surface area contributed by atoms with Gasteiger partial charge in [-0.05, 0) is 31.5 Å². The molecule has 1 aromatic carbocycles. The Morgan fingerprint density at radius 1 is 1.33 bits per heavy atom. The summed E-state index contributed by atoms with van der Waals surface area (Å²) in [4.78, 5) is 12.2. The van der Waals surface area contributed by atoms with Gasteiger partial charge in [-0.3, -0.25) is 4.79 Å². The minimum Gasteiger partial charge on any atom is -0.307 e. The monoisotopic (exact) mass is 355 g/mol. The summed E-state index contributed by atoms with van der Waals surface area (Å²) in [6, 6.07) is 3.76. The molecule has 1 amide bonds. The van der Waals surface area contributed by atoms with E-state index in [4.69, 9.17) is 0 Å². The molecule has 0 bridgehead atoms. The maximum atomic E-state index is 13.7. The lowest BCUT2D eigenvalue weighted by Gasteiger charge is -2.14. The molecule has 1 N–H and O–H groups in total. The van der Waals surface area contributed by atoms with E-state index >= 15 is 0 Å². The first-order chi connectivity index (χ1) is 11.2. The molecule has 1 fully saturated rings. The van der Waals surface area contributed by atoms with Gasteiger partial charge in [-0.1, -0.05) is 0 Å². The highest BCUT2D eigenvalue weighted by Crippen LogP contribution is 2.27. The highest BCUT2D eigenvalue weighted by atomic mass is 32.2. The summed E-state index contributed by atoms with van der Waals surface area (Å²) in [6.07, 6.45) is 0.390. The van der Waals surface area contributed by atoms with Gasteiger partial charge >= 0.3 is 0 Å². The third-order valence-electron chi connectivity index (χ3n) is 3.83. The van der Waals surface area contributed by atoms with Crippen LogP contribution < -0.4 is 5.32 Å². The van der Waals surface area contributed by atoms with Crippen molar-refractivity contribution in [3.05, 3.63) is 47.2 Å². The van der Waals surface area contributed by atoms with E-state index < -0.39 is 39.0 Å². The van der Waals surface area contributed by atoms with Crippen molar-refractivity contribution in [2.24, 2.45) is 0 Å². The number of halogens is 2. The molecule has 0 radical (unpaired) electrons. The number of benzene rings is 1. The molecule has 0 saturated carbocycles. The number of hydrogen-bond acceptors (Lipinski definition) is 4. The van der Waals surface area contributed by atoms with E-state index in [1.807, 2.05) is 0 Å². The minimum atomic E-state index is -3.13. The number of aryl methyl sites for hydroxylation is 1. The number of nitrogens with zero attached hydrogens (tertiary/aromatic N) is 2. The van der Waals surface area contributed by atoms with Crippen molar-refractivity contribution in [1.82, 2.24) is 9.78 Å². The fraction of sp³-hybridized carbons (Fsp3) is 0.333. The quantitative estimate of drug-likeness (QED) is 0.914. The molecular formula is C15H15F2N3O3S. The van der Waals surface area contributed by atoms with Gasteiger partial charge in [0.25, 0.3) is 5.91 Å². The summed E-state index contributed by atoms with van der Waals surface area (Å²) in [5.74, 6) is -2.15. The number of sulfone groups is 1. The Morgan fingerprint density at radius 2 is 2.08 bits per heavy atom. The maximum absolute atomic E-state index is 13.7. The molecule has 0 aliphatic carbocycles. The predicted molar refractivity (Wildman–Crippen MR) is 83.6 cm³/mol. The number of hydrogen-bond donors (Lipinski definition) is 1. The molecule has 24 heavy (non-hydrogen) atoms. The number of nitrogens with one attached hydrogen (secondary N) is 1. The van der Waals surface area contributed by atoms with Crippen LogP contribution in [-0.2, 0) is 9.84 Å². The fourth-order valence-electron chi connectivity index (χ4n) is 2.71. The highest BCUT2D eigenvalue weighted by Gasteiger charge is 2.31. The van der Waals surface area contributed by atoms with Crippen LogP contribution in [0.1, 0.15) is 28.5 Å². The molecule has 1 aliphatic heterocycles. The molecule has 1 saturated heterocycles. The average Bonchev–Trinajstić information content (AvgIpc) is 3.03. The van der Waals surface area contributed by atoms with E-state index in [0.717, 1.165) is 18.2 Å². The second-order valence-electron chi connectivity index (χ2n) is 5.75. The fourth-order valence-corrected chi connectivity index (χ4v) is 4.40. The van der Waals surface area contributed by atoms with Gasteiger partial charge in [-0.25, -0.2) is 21.9 Å². The first kappa shape index (κ1) is 16.6. The number of aromatic nitrogens is 2. The number of amides is 1. The normalized spacial score (nSPS) is 19.4. The summed E-state index contributed by atoms with van der Waals surface area (Å²) in [5.41, 5.74) is 0.147. The summed E-state index contributed by atoms with van der Waals surface area (Å²) < 4.78 is 51.6. The molecular weight excluding hydrogens is 340 g/mol. The lowest BCUT2D eigenvalue weighted by Crippen LogP contribution is -2.20. The molecule has 1 unspecified atom stereocenters. The third kappa shape index (κ3) is 3.30. The van der Waals surface area contributed by atoms with E-state index in [1.165, 1.54) is 4.68 Å². The number of carbonyl (C=O) groups excluding carboxylic acids is 1. The minimum absolute atomic E-state index is 0.0580. The Kier molecular flexibility index (Phi) is 4.12. The Bertz CT molecular complexity index is 909. The van der Waals surface area contributed by atoms with Crippen molar-refractivity contribution in [2.45, 2.75) is 19.4 Å². The van der Waals surface area contributed by atoms with E-state index in [2.05, 4.69) is 10.4 Å². The Hall–Kier alpha value is -2.29. The lowest BCUT2D eigenvalue weighted by atomic mass is 10.2. The van der Waals surface area contributed by atoms with Gasteiger partial charge in [0.05, 0.1) is 28.8 Å². The van der Waals surface area contributed by atoms with Gasteiger partial charge < -0.3 is 5.32 Å². The Labute approximate surface area is 137 Å². The number of carbonyl (C=O) groups is 1. The molecule has 9 heteroatoms. The van der Waals surface area contributed by atoms with Crippen molar-refractivity contribution in [2.75, 3.05) is 16.8 Å². The zero-order chi connectivity index (χ0) is 17.5. The maximum Gasteiger partial charge on any atom is 0.259 e. The standard InChI is InChI=1S/C15H15F2N3O3S/c1-9-6-14(20(19-9)11-4-5-24(22,23)8-11)18-15(21)12-7-10(16)2-3-13(12)17/h2-3,6-7,11H,4-5,8H2,1H3,(H,18,21). The average molecular weight is 355 g/mol. The molecule has 128 valence electrons. The van der Waals surface area contributed by atoms with Gasteiger partial charge in [-0.15, -0.1) is 0 Å². The predicted octanol–water partition coefficient (Wildman–Crippen LogP) is 2.08. The van der Waals surface area contributed by atoms with E-state index in [-0.39, 0.29) is 17.3 Å². The van der Waals surface area contributed by atoms with E-state index in [0.29, 0.717) is 12.1 Å². The molecule has 2 heterocycles. The summed E-state index contributed by atoms with van der Waals surface area (Å²) in [7, 11) is -3.13. The van der Waals surface area contributed by atoms with Crippen molar-refractivity contribution in [3.8, 4) is 0 Å². The SMILES string of the molecule is Cc1cc(NC(=O)c2cc(F)ccc2F)n(C2CCS(=O)(=O)C2)n1. The first-order valence-corrected chi connectivity index (χ1v) is 9.10. The second-order valence-corrected chi connectivity index (χ2v) is 7.98. The van der Waals surface area contributed by atoms with Crippen LogP contribution in [0.15, 0.2) is 24.3 Å². The molecule has 1 aliphatic rings. The number of rotatable bonds is 3. The second kappa shape index (κ2) is 5.97. The van der Waals surface area contributed by atoms with Crippen LogP contribution in [0.5, 0.6) is 0 Å². The summed E-state index contributed by atoms with van der Waals surface area (Å²) in [5, 5.41) is 6.69. The molecule has 1 atom stereocenters. The van der Waals surface area contributed by atoms with Gasteiger partial charge in [-0.2, -0.15) is 5.10 Å². The molecule has 6 nitrogen and oxygen atoms in total. The van der Waals surface area contributed by atoms with E-state index in [9.17, 15) is 22.0 Å². The smallest absolute Gasteiger partial charge is 0.259 e. The lowest BCUT2D eigenvalue weighted by molar-refractivity contribution is 0.102. The summed E-state index contributed by atoms with van der Waals surface area (Å²) in [6.45, 7) is 1.69. The van der Waals surface area contributed by atoms with Crippen LogP contribution in [0, 0.1) is 18.6 Å². The first-order valence-electron chi connectivity index (χ1n) is 7.28. The third-order valence-corrected chi connectivity index (χ3v) is 5.58.